The molecule has 1 N–H and O–H groups in total. The highest BCUT2D eigenvalue weighted by atomic mass is 35.5. The number of hydrogen-bond acceptors (Lipinski definition) is 5. The zero-order chi connectivity index (χ0) is 13.2. The van der Waals surface area contributed by atoms with Gasteiger partial charge in [-0.2, -0.15) is 5.10 Å². The van der Waals surface area contributed by atoms with Gasteiger partial charge in [-0.1, -0.05) is 11.6 Å². The van der Waals surface area contributed by atoms with Gasteiger partial charge in [0, 0.05) is 30.6 Å². The van der Waals surface area contributed by atoms with Crippen LogP contribution in [-0.4, -0.2) is 28.3 Å². The van der Waals surface area contributed by atoms with Crippen LogP contribution < -0.4 is 10.5 Å². The Morgan fingerprint density at radius 3 is 3.21 bits per heavy atom. The number of anilines is 1. The van der Waals surface area contributed by atoms with Crippen LogP contribution in [0.15, 0.2) is 22.6 Å². The second-order valence-corrected chi connectivity index (χ2v) is 5.86. The van der Waals surface area contributed by atoms with Crippen molar-refractivity contribution in [3.8, 4) is 0 Å². The molecule has 19 heavy (non-hydrogen) atoms. The molecule has 100 valence electrons. The molecular formula is C12H13ClN4OS. The predicted molar refractivity (Wildman–Crippen MR) is 76.2 cm³/mol. The van der Waals surface area contributed by atoms with Crippen molar-refractivity contribution in [1.82, 2.24) is 15.2 Å². The van der Waals surface area contributed by atoms with Gasteiger partial charge in [-0.25, -0.2) is 10.1 Å². The summed E-state index contributed by atoms with van der Waals surface area (Å²) in [6.07, 6.45) is 5.64. The molecule has 0 amide bonds. The van der Waals surface area contributed by atoms with E-state index < -0.39 is 0 Å². The van der Waals surface area contributed by atoms with Gasteiger partial charge in [-0.3, -0.25) is 4.79 Å². The summed E-state index contributed by atoms with van der Waals surface area (Å²) in [6.45, 7) is 1.73. The van der Waals surface area contributed by atoms with E-state index in [1.54, 1.807) is 17.5 Å². The third-order valence-corrected chi connectivity index (χ3v) is 4.64. The first-order valence-electron chi connectivity index (χ1n) is 6.13. The van der Waals surface area contributed by atoms with Gasteiger partial charge < -0.3 is 4.90 Å². The molecule has 5 nitrogen and oxygen atoms in total. The number of aromatic amines is 1. The molecule has 0 spiro atoms. The van der Waals surface area contributed by atoms with Gasteiger partial charge >= 0.3 is 0 Å². The van der Waals surface area contributed by atoms with Crippen LogP contribution in [-0.2, 0) is 0 Å². The highest BCUT2D eigenvalue weighted by Crippen LogP contribution is 2.32. The van der Waals surface area contributed by atoms with Gasteiger partial charge in [0.25, 0.3) is 5.56 Å². The average molecular weight is 297 g/mol. The summed E-state index contributed by atoms with van der Waals surface area (Å²) in [5.41, 5.74) is 0.377. The molecule has 0 aromatic carbocycles. The van der Waals surface area contributed by atoms with Gasteiger partial charge in [0.2, 0.25) is 0 Å². The van der Waals surface area contributed by atoms with Crippen LogP contribution in [0.5, 0.6) is 0 Å². The van der Waals surface area contributed by atoms with Crippen LogP contribution in [0.3, 0.4) is 0 Å². The lowest BCUT2D eigenvalue weighted by Gasteiger charge is -2.33. The topological polar surface area (TPSA) is 61.9 Å². The lowest BCUT2D eigenvalue weighted by Crippen LogP contribution is -2.35. The predicted octanol–water partition coefficient (Wildman–Crippen LogP) is 2.26. The summed E-state index contributed by atoms with van der Waals surface area (Å²) >= 11 is 7.74. The second kappa shape index (κ2) is 5.30. The minimum atomic E-state index is -0.337. The Balaban J connectivity index is 1.86. The highest BCUT2D eigenvalue weighted by Gasteiger charge is 2.25. The number of halogens is 1. The Morgan fingerprint density at radius 2 is 2.42 bits per heavy atom. The highest BCUT2D eigenvalue weighted by molar-refractivity contribution is 7.09. The Kier molecular flexibility index (Phi) is 3.52. The van der Waals surface area contributed by atoms with E-state index in [1.165, 1.54) is 0 Å². The van der Waals surface area contributed by atoms with E-state index in [0.29, 0.717) is 11.6 Å². The first-order valence-corrected chi connectivity index (χ1v) is 7.39. The maximum Gasteiger partial charge on any atom is 0.285 e. The van der Waals surface area contributed by atoms with E-state index in [9.17, 15) is 4.79 Å². The summed E-state index contributed by atoms with van der Waals surface area (Å²) in [5, 5.41) is 9.54. The summed E-state index contributed by atoms with van der Waals surface area (Å²) in [4.78, 5) is 18.0. The van der Waals surface area contributed by atoms with Crippen molar-refractivity contribution in [2.45, 2.75) is 18.8 Å². The third-order valence-electron chi connectivity index (χ3n) is 3.34. The molecule has 0 aliphatic carbocycles. The number of aromatic nitrogens is 3. The number of nitrogens with zero attached hydrogens (tertiary/aromatic N) is 3. The van der Waals surface area contributed by atoms with Gasteiger partial charge in [-0.05, 0) is 12.8 Å². The molecule has 0 bridgehead atoms. The Morgan fingerprint density at radius 1 is 1.53 bits per heavy atom. The second-order valence-electron chi connectivity index (χ2n) is 4.55. The first-order chi connectivity index (χ1) is 9.25. The fraction of sp³-hybridized carbons (Fsp3) is 0.417. The van der Waals surface area contributed by atoms with Crippen LogP contribution in [0.1, 0.15) is 23.8 Å². The summed E-state index contributed by atoms with van der Waals surface area (Å²) in [7, 11) is 0. The van der Waals surface area contributed by atoms with Gasteiger partial charge in [0.1, 0.15) is 5.02 Å². The molecule has 1 aliphatic heterocycles. The molecule has 3 heterocycles. The Labute approximate surface area is 119 Å². The lowest BCUT2D eigenvalue weighted by atomic mass is 9.98. The minimum absolute atomic E-state index is 0.217. The molecular weight excluding hydrogens is 284 g/mol. The molecule has 1 atom stereocenters. The molecule has 0 saturated carbocycles. The average Bonchev–Trinajstić information content (AvgIpc) is 2.96. The standard InChI is InChI=1S/C12H13ClN4OS/c13-10-9(6-15-16-11(10)18)17-4-1-2-8(7-17)12-14-3-5-19-12/h3,5-6,8H,1-2,4,7H2,(H,16,18)/t8-/m0/s1. The molecule has 1 aliphatic rings. The minimum Gasteiger partial charge on any atom is -0.368 e. The van der Waals surface area contributed by atoms with Crippen LogP contribution in [0.2, 0.25) is 5.02 Å². The summed E-state index contributed by atoms with van der Waals surface area (Å²) < 4.78 is 0. The van der Waals surface area contributed by atoms with Crippen LogP contribution >= 0.6 is 22.9 Å². The number of rotatable bonds is 2. The molecule has 1 fully saturated rings. The largest absolute Gasteiger partial charge is 0.368 e. The van der Waals surface area contributed by atoms with Gasteiger partial charge in [0.15, 0.2) is 0 Å². The lowest BCUT2D eigenvalue weighted by molar-refractivity contribution is 0.508. The SMILES string of the molecule is O=c1[nH]ncc(N2CCC[C@H](c3nccs3)C2)c1Cl. The van der Waals surface area contributed by atoms with Crippen molar-refractivity contribution in [1.29, 1.82) is 0 Å². The summed E-state index contributed by atoms with van der Waals surface area (Å²) in [5.74, 6) is 0.407. The molecule has 0 unspecified atom stereocenters. The van der Waals surface area contributed by atoms with Crippen LogP contribution in [0, 0.1) is 0 Å². The number of H-pyrrole nitrogens is 1. The quantitative estimate of drug-likeness (QED) is 0.923. The van der Waals surface area contributed by atoms with Gasteiger partial charge in [0.05, 0.1) is 16.9 Å². The smallest absolute Gasteiger partial charge is 0.285 e. The van der Waals surface area contributed by atoms with Crippen molar-refractivity contribution in [2.75, 3.05) is 18.0 Å². The summed E-state index contributed by atoms with van der Waals surface area (Å²) in [6, 6.07) is 0. The molecule has 3 rings (SSSR count). The van der Waals surface area contributed by atoms with Crippen LogP contribution in [0.4, 0.5) is 5.69 Å². The van der Waals surface area contributed by atoms with E-state index in [4.69, 9.17) is 11.6 Å². The van der Waals surface area contributed by atoms with Crippen molar-refractivity contribution in [3.05, 3.63) is 38.2 Å². The van der Waals surface area contributed by atoms with E-state index in [0.717, 1.165) is 30.9 Å². The Hall–Kier alpha value is -1.40. The third kappa shape index (κ3) is 2.50. The molecule has 2 aromatic heterocycles. The fourth-order valence-electron chi connectivity index (χ4n) is 2.43. The molecule has 0 radical (unpaired) electrons. The zero-order valence-corrected chi connectivity index (χ0v) is 11.7. The van der Waals surface area contributed by atoms with E-state index in [-0.39, 0.29) is 10.6 Å². The van der Waals surface area contributed by atoms with Crippen molar-refractivity contribution in [3.63, 3.8) is 0 Å². The maximum atomic E-state index is 11.5. The van der Waals surface area contributed by atoms with E-state index in [1.807, 2.05) is 11.6 Å². The molecule has 1 saturated heterocycles. The van der Waals surface area contributed by atoms with Crippen LogP contribution in [0.25, 0.3) is 0 Å². The van der Waals surface area contributed by atoms with Gasteiger partial charge in [-0.15, -0.1) is 11.3 Å². The number of piperidine rings is 1. The van der Waals surface area contributed by atoms with E-state index in [2.05, 4.69) is 20.1 Å². The maximum absolute atomic E-state index is 11.5. The monoisotopic (exact) mass is 296 g/mol. The number of nitrogens with one attached hydrogen (secondary N) is 1. The molecule has 7 heteroatoms. The number of thiazole rings is 1. The fourth-order valence-corrected chi connectivity index (χ4v) is 3.41. The van der Waals surface area contributed by atoms with Crippen molar-refractivity contribution in [2.24, 2.45) is 0 Å². The van der Waals surface area contributed by atoms with Crippen molar-refractivity contribution < 1.29 is 0 Å². The number of hydrogen-bond donors (Lipinski definition) is 1. The van der Waals surface area contributed by atoms with Crippen molar-refractivity contribution >= 4 is 28.6 Å². The normalized spacial score (nSPS) is 19.6. The first kappa shape index (κ1) is 12.6. The Bertz CT molecular complexity index is 612. The molecule has 2 aromatic rings. The van der Waals surface area contributed by atoms with E-state index >= 15 is 0 Å². The zero-order valence-electron chi connectivity index (χ0n) is 10.2.